The summed E-state index contributed by atoms with van der Waals surface area (Å²) >= 11 is 1.38. The Kier molecular flexibility index (Phi) is 4.17. The second kappa shape index (κ2) is 6.12. The lowest BCUT2D eigenvalue weighted by Crippen LogP contribution is -2.26. The van der Waals surface area contributed by atoms with Crippen molar-refractivity contribution in [2.45, 2.75) is 24.6 Å². The normalized spacial score (nSPS) is 21.9. The minimum atomic E-state index is -0.765. The van der Waals surface area contributed by atoms with Gasteiger partial charge in [-0.15, -0.1) is 0 Å². The maximum Gasteiger partial charge on any atom is 0.269 e. The van der Waals surface area contributed by atoms with Gasteiger partial charge in [0.25, 0.3) is 5.91 Å². The van der Waals surface area contributed by atoms with Crippen LogP contribution in [-0.2, 0) is 9.54 Å². The highest BCUT2D eigenvalue weighted by Crippen LogP contribution is 2.42. The van der Waals surface area contributed by atoms with Crippen LogP contribution in [0.4, 0.5) is 4.39 Å². The van der Waals surface area contributed by atoms with Crippen molar-refractivity contribution >= 4 is 22.8 Å². The number of thioether (sulfide) groups is 1. The molecule has 1 aromatic heterocycles. The van der Waals surface area contributed by atoms with Crippen LogP contribution in [0.1, 0.15) is 31.0 Å². The van der Waals surface area contributed by atoms with E-state index in [0.717, 1.165) is 11.1 Å². The Morgan fingerprint density at radius 3 is 2.65 bits per heavy atom. The second-order valence-corrected chi connectivity index (χ2v) is 6.92. The van der Waals surface area contributed by atoms with Crippen LogP contribution in [0.2, 0.25) is 0 Å². The molecule has 1 N–H and O–H groups in total. The van der Waals surface area contributed by atoms with Gasteiger partial charge in [0.05, 0.1) is 6.04 Å². The van der Waals surface area contributed by atoms with Crippen molar-refractivity contribution in [1.29, 1.82) is 0 Å². The summed E-state index contributed by atoms with van der Waals surface area (Å²) in [5.41, 5.74) is 1.75. The largest absolute Gasteiger partial charge is 0.358 e. The average Bonchev–Trinajstić information content (AvgIpc) is 2.84. The van der Waals surface area contributed by atoms with Crippen LogP contribution < -0.4 is 5.32 Å². The summed E-state index contributed by atoms with van der Waals surface area (Å²) in [6, 6.07) is 9.88. The molecule has 0 bridgehead atoms. The number of rotatable bonds is 3. The molecule has 3 rings (SSSR count). The van der Waals surface area contributed by atoms with Crippen molar-refractivity contribution in [3.63, 3.8) is 0 Å². The standard InChI is InChI=1S/C17H16FN3OS/c1-11(12-5-7-14(18)8-6-12)20-16-21-15(22)17(2,23-16)13-4-3-9-19-10-13/h3-11H,1-2H3,(H,20,21,22)/t11-,17+/m0/s1. The molecule has 0 spiro atoms. The van der Waals surface area contributed by atoms with Crippen LogP contribution in [0.25, 0.3) is 0 Å². The molecule has 6 heteroatoms. The van der Waals surface area contributed by atoms with E-state index in [1.54, 1.807) is 30.6 Å². The summed E-state index contributed by atoms with van der Waals surface area (Å²) in [6.07, 6.45) is 3.36. The van der Waals surface area contributed by atoms with E-state index in [0.29, 0.717) is 5.17 Å². The van der Waals surface area contributed by atoms with Gasteiger partial charge in [-0.05, 0) is 43.2 Å². The van der Waals surface area contributed by atoms with Crippen LogP contribution in [0.3, 0.4) is 0 Å². The van der Waals surface area contributed by atoms with Crippen molar-refractivity contribution < 1.29 is 9.18 Å². The Bertz CT molecular complexity index is 748. The topological polar surface area (TPSA) is 54.4 Å². The van der Waals surface area contributed by atoms with Crippen molar-refractivity contribution in [2.75, 3.05) is 0 Å². The zero-order chi connectivity index (χ0) is 16.4. The Balaban J connectivity index is 1.74. The molecule has 0 fully saturated rings. The number of nitrogens with one attached hydrogen (secondary N) is 1. The minimum Gasteiger partial charge on any atom is -0.358 e. The molecular weight excluding hydrogens is 313 g/mol. The first kappa shape index (κ1) is 15.7. The fraction of sp³-hybridized carbons (Fsp3) is 0.235. The van der Waals surface area contributed by atoms with Gasteiger partial charge in [0.2, 0.25) is 0 Å². The molecule has 0 saturated heterocycles. The highest BCUT2D eigenvalue weighted by Gasteiger charge is 2.43. The van der Waals surface area contributed by atoms with Gasteiger partial charge < -0.3 is 5.32 Å². The Morgan fingerprint density at radius 1 is 1.26 bits per heavy atom. The maximum atomic E-state index is 13.0. The lowest BCUT2D eigenvalue weighted by Gasteiger charge is -2.21. The fourth-order valence-corrected chi connectivity index (χ4v) is 3.49. The summed E-state index contributed by atoms with van der Waals surface area (Å²) in [6.45, 7) is 3.79. The first-order chi connectivity index (χ1) is 11.0. The molecule has 0 aliphatic carbocycles. The van der Waals surface area contributed by atoms with Gasteiger partial charge in [-0.25, -0.2) is 4.39 Å². The third kappa shape index (κ3) is 3.12. The number of pyridine rings is 1. The van der Waals surface area contributed by atoms with Crippen LogP contribution in [0.15, 0.2) is 53.8 Å². The quantitative estimate of drug-likeness (QED) is 0.937. The number of aromatic nitrogens is 1. The number of carbonyl (C=O) groups excluding carboxylic acids is 1. The van der Waals surface area contributed by atoms with E-state index in [9.17, 15) is 9.18 Å². The van der Waals surface area contributed by atoms with E-state index in [1.165, 1.54) is 23.9 Å². The molecule has 1 amide bonds. The predicted octanol–water partition coefficient (Wildman–Crippen LogP) is 3.42. The van der Waals surface area contributed by atoms with Crippen LogP contribution in [-0.4, -0.2) is 16.1 Å². The maximum absolute atomic E-state index is 13.0. The first-order valence-corrected chi connectivity index (χ1v) is 8.05. The smallest absolute Gasteiger partial charge is 0.269 e. The molecule has 1 aliphatic rings. The van der Waals surface area contributed by atoms with Crippen molar-refractivity contribution in [2.24, 2.45) is 4.99 Å². The lowest BCUT2D eigenvalue weighted by atomic mass is 10.0. The average molecular weight is 329 g/mol. The number of carbonyl (C=O) groups is 1. The molecule has 23 heavy (non-hydrogen) atoms. The number of amides is 1. The summed E-state index contributed by atoms with van der Waals surface area (Å²) in [5.74, 6) is -0.475. The highest BCUT2D eigenvalue weighted by molar-refractivity contribution is 8.15. The SMILES string of the molecule is C[C@H](NC1=NC(=O)[C@@](C)(c2cccnc2)S1)c1ccc(F)cc1. The van der Waals surface area contributed by atoms with E-state index in [-0.39, 0.29) is 17.8 Å². The van der Waals surface area contributed by atoms with Gasteiger partial charge in [0, 0.05) is 12.4 Å². The molecule has 1 aromatic carbocycles. The molecule has 2 heterocycles. The van der Waals surface area contributed by atoms with E-state index < -0.39 is 4.75 Å². The van der Waals surface area contributed by atoms with E-state index in [4.69, 9.17) is 0 Å². The van der Waals surface area contributed by atoms with Crippen molar-refractivity contribution in [3.05, 3.63) is 65.7 Å². The number of nitrogens with zero attached hydrogens (tertiary/aromatic N) is 2. The van der Waals surface area contributed by atoms with Gasteiger partial charge in [0.15, 0.2) is 5.17 Å². The molecule has 0 saturated carbocycles. The van der Waals surface area contributed by atoms with Gasteiger partial charge in [-0.2, -0.15) is 4.99 Å². The molecule has 0 unspecified atom stereocenters. The zero-order valence-corrected chi connectivity index (χ0v) is 13.6. The monoisotopic (exact) mass is 329 g/mol. The second-order valence-electron chi connectivity index (χ2n) is 5.52. The molecule has 0 radical (unpaired) electrons. The lowest BCUT2D eigenvalue weighted by molar-refractivity contribution is -0.119. The molecular formula is C17H16FN3OS. The van der Waals surface area contributed by atoms with Crippen LogP contribution in [0.5, 0.6) is 0 Å². The number of amidine groups is 1. The Labute approximate surface area is 138 Å². The van der Waals surface area contributed by atoms with Gasteiger partial charge in [0.1, 0.15) is 10.6 Å². The summed E-state index contributed by atoms with van der Waals surface area (Å²) in [7, 11) is 0. The van der Waals surface area contributed by atoms with Gasteiger partial charge in [-0.3, -0.25) is 9.78 Å². The summed E-state index contributed by atoms with van der Waals surface area (Å²) in [5, 5.41) is 3.79. The molecule has 118 valence electrons. The highest BCUT2D eigenvalue weighted by atomic mass is 32.2. The van der Waals surface area contributed by atoms with Crippen LogP contribution in [0, 0.1) is 5.82 Å². The number of hydrogen-bond donors (Lipinski definition) is 1. The molecule has 1 aliphatic heterocycles. The summed E-state index contributed by atoms with van der Waals surface area (Å²) < 4.78 is 12.2. The van der Waals surface area contributed by atoms with Crippen molar-refractivity contribution in [1.82, 2.24) is 10.3 Å². The number of halogens is 1. The van der Waals surface area contributed by atoms with E-state index in [2.05, 4.69) is 15.3 Å². The summed E-state index contributed by atoms with van der Waals surface area (Å²) in [4.78, 5) is 20.6. The zero-order valence-electron chi connectivity index (χ0n) is 12.8. The first-order valence-electron chi connectivity index (χ1n) is 7.24. The molecule has 2 atom stereocenters. The Morgan fingerprint density at radius 2 is 2.00 bits per heavy atom. The van der Waals surface area contributed by atoms with E-state index >= 15 is 0 Å². The van der Waals surface area contributed by atoms with Gasteiger partial charge in [-0.1, -0.05) is 30.0 Å². The fourth-order valence-electron chi connectivity index (χ4n) is 2.37. The van der Waals surface area contributed by atoms with Gasteiger partial charge >= 0.3 is 0 Å². The minimum absolute atomic E-state index is 0.0779. The number of hydrogen-bond acceptors (Lipinski definition) is 4. The third-order valence-electron chi connectivity index (χ3n) is 3.83. The van der Waals surface area contributed by atoms with Crippen molar-refractivity contribution in [3.8, 4) is 0 Å². The third-order valence-corrected chi connectivity index (χ3v) is 5.06. The Hall–Kier alpha value is -2.21. The van der Waals surface area contributed by atoms with Crippen LogP contribution >= 0.6 is 11.8 Å². The molecule has 4 nitrogen and oxygen atoms in total. The predicted molar refractivity (Wildman–Crippen MR) is 89.6 cm³/mol. The number of aliphatic imine (C=N–C) groups is 1. The number of benzene rings is 1. The van der Waals surface area contributed by atoms with E-state index in [1.807, 2.05) is 19.9 Å². The molecule has 2 aromatic rings.